The van der Waals surface area contributed by atoms with Crippen LogP contribution in [-0.2, 0) is 0 Å². The first-order chi connectivity index (χ1) is 9.88. The van der Waals surface area contributed by atoms with Crippen molar-refractivity contribution in [1.82, 2.24) is 4.98 Å². The van der Waals surface area contributed by atoms with Crippen molar-refractivity contribution in [3.05, 3.63) is 41.6 Å². The summed E-state index contributed by atoms with van der Waals surface area (Å²) in [7, 11) is 3.95. The zero-order chi connectivity index (χ0) is 15.6. The molecule has 1 aromatic carbocycles. The van der Waals surface area contributed by atoms with Crippen LogP contribution in [0, 0.1) is 6.92 Å². The molecule has 6 nitrogen and oxygen atoms in total. The normalized spacial score (nSPS) is 10.2. The van der Waals surface area contributed by atoms with Crippen molar-refractivity contribution in [2.45, 2.75) is 6.92 Å². The van der Waals surface area contributed by atoms with E-state index in [4.69, 9.17) is 11.5 Å². The number of carbonyl (C=O) groups excluding carboxylic acids is 1. The number of rotatable bonds is 4. The topological polar surface area (TPSA) is 97.3 Å². The van der Waals surface area contributed by atoms with E-state index in [2.05, 4.69) is 10.3 Å². The van der Waals surface area contributed by atoms with Crippen LogP contribution >= 0.6 is 0 Å². The third-order valence-electron chi connectivity index (χ3n) is 3.13. The highest BCUT2D eigenvalue weighted by atomic mass is 16.1. The molecule has 0 atom stereocenters. The minimum absolute atomic E-state index is 0.266. The summed E-state index contributed by atoms with van der Waals surface area (Å²) in [5.74, 6) is -0.178. The number of amides is 1. The van der Waals surface area contributed by atoms with Gasteiger partial charge in [0, 0.05) is 25.5 Å². The summed E-state index contributed by atoms with van der Waals surface area (Å²) in [6, 6.07) is 7.42. The van der Waals surface area contributed by atoms with Crippen LogP contribution in [0.5, 0.6) is 0 Å². The number of aryl methyl sites for hydroxylation is 1. The van der Waals surface area contributed by atoms with Gasteiger partial charge in [-0.2, -0.15) is 0 Å². The molecular formula is C15H19N5O. The van der Waals surface area contributed by atoms with E-state index in [0.29, 0.717) is 11.5 Å². The standard InChI is InChI=1S/C15H19N5O/c1-9-4-5-11(7-13(9)20(2)3)19-15-12(14(17)21)6-10(16)8-18-15/h4-8H,16H2,1-3H3,(H2,17,21)(H,18,19). The molecule has 1 amide bonds. The van der Waals surface area contributed by atoms with E-state index >= 15 is 0 Å². The van der Waals surface area contributed by atoms with Crippen LogP contribution in [-0.4, -0.2) is 25.0 Å². The summed E-state index contributed by atoms with van der Waals surface area (Å²) in [5.41, 5.74) is 14.7. The van der Waals surface area contributed by atoms with Gasteiger partial charge in [0.2, 0.25) is 0 Å². The molecule has 0 bridgehead atoms. The Hall–Kier alpha value is -2.76. The van der Waals surface area contributed by atoms with Gasteiger partial charge in [-0.25, -0.2) is 4.98 Å². The lowest BCUT2D eigenvalue weighted by Gasteiger charge is -2.17. The molecule has 21 heavy (non-hydrogen) atoms. The number of anilines is 4. The van der Waals surface area contributed by atoms with Crippen molar-refractivity contribution in [3.63, 3.8) is 0 Å². The van der Waals surface area contributed by atoms with Gasteiger partial charge in [-0.1, -0.05) is 6.07 Å². The Morgan fingerprint density at radius 2 is 2.00 bits per heavy atom. The lowest BCUT2D eigenvalue weighted by atomic mass is 10.1. The van der Waals surface area contributed by atoms with Crippen LogP contribution in [0.25, 0.3) is 0 Å². The number of nitrogen functional groups attached to an aromatic ring is 1. The molecule has 2 rings (SSSR count). The van der Waals surface area contributed by atoms with Crippen LogP contribution in [0.1, 0.15) is 15.9 Å². The van der Waals surface area contributed by atoms with E-state index in [1.165, 1.54) is 12.3 Å². The third kappa shape index (κ3) is 3.22. The summed E-state index contributed by atoms with van der Waals surface area (Å²) in [6.07, 6.45) is 1.48. The van der Waals surface area contributed by atoms with Crippen molar-refractivity contribution in [2.75, 3.05) is 30.0 Å². The van der Waals surface area contributed by atoms with Gasteiger partial charge >= 0.3 is 0 Å². The molecule has 0 unspecified atom stereocenters. The smallest absolute Gasteiger partial charge is 0.252 e. The molecule has 6 heteroatoms. The number of carbonyl (C=O) groups is 1. The molecule has 0 fully saturated rings. The van der Waals surface area contributed by atoms with E-state index in [0.717, 1.165) is 16.9 Å². The zero-order valence-electron chi connectivity index (χ0n) is 12.3. The van der Waals surface area contributed by atoms with E-state index in [-0.39, 0.29) is 5.56 Å². The van der Waals surface area contributed by atoms with Gasteiger partial charge in [0.25, 0.3) is 5.91 Å². The summed E-state index contributed by atoms with van der Waals surface area (Å²) < 4.78 is 0. The van der Waals surface area contributed by atoms with Crippen molar-refractivity contribution in [3.8, 4) is 0 Å². The Labute approximate surface area is 123 Å². The molecule has 0 aliphatic rings. The molecule has 2 aromatic rings. The van der Waals surface area contributed by atoms with E-state index in [1.54, 1.807) is 0 Å². The maximum absolute atomic E-state index is 11.5. The number of primary amides is 1. The molecule has 0 aliphatic carbocycles. The number of nitrogens with zero attached hydrogens (tertiary/aromatic N) is 2. The highest BCUT2D eigenvalue weighted by molar-refractivity contribution is 5.99. The predicted molar refractivity (Wildman–Crippen MR) is 86.0 cm³/mol. The second-order valence-electron chi connectivity index (χ2n) is 5.05. The van der Waals surface area contributed by atoms with Gasteiger partial charge in [0.05, 0.1) is 17.4 Å². The number of nitrogens with two attached hydrogens (primary N) is 2. The molecular weight excluding hydrogens is 266 g/mol. The molecule has 0 aliphatic heterocycles. The van der Waals surface area contributed by atoms with Gasteiger partial charge in [-0.15, -0.1) is 0 Å². The van der Waals surface area contributed by atoms with Crippen molar-refractivity contribution < 1.29 is 4.79 Å². The Morgan fingerprint density at radius 3 is 2.62 bits per heavy atom. The second-order valence-corrected chi connectivity index (χ2v) is 5.05. The minimum Gasteiger partial charge on any atom is -0.397 e. The van der Waals surface area contributed by atoms with Crippen LogP contribution in [0.3, 0.4) is 0 Å². The Kier molecular flexibility index (Phi) is 3.98. The summed E-state index contributed by atoms with van der Waals surface area (Å²) >= 11 is 0. The van der Waals surface area contributed by atoms with Crippen LogP contribution in [0.4, 0.5) is 22.9 Å². The molecule has 0 radical (unpaired) electrons. The fraction of sp³-hybridized carbons (Fsp3) is 0.200. The molecule has 0 saturated carbocycles. The van der Waals surface area contributed by atoms with E-state index in [1.807, 2.05) is 44.1 Å². The first-order valence-corrected chi connectivity index (χ1v) is 6.49. The molecule has 0 spiro atoms. The van der Waals surface area contributed by atoms with Gasteiger partial charge in [0.1, 0.15) is 5.82 Å². The van der Waals surface area contributed by atoms with Crippen LogP contribution in [0.2, 0.25) is 0 Å². The Morgan fingerprint density at radius 1 is 1.29 bits per heavy atom. The fourth-order valence-corrected chi connectivity index (χ4v) is 2.07. The molecule has 5 N–H and O–H groups in total. The average molecular weight is 285 g/mol. The van der Waals surface area contributed by atoms with Gasteiger partial charge in [-0.05, 0) is 30.7 Å². The first-order valence-electron chi connectivity index (χ1n) is 6.49. The largest absolute Gasteiger partial charge is 0.397 e. The number of benzene rings is 1. The molecule has 110 valence electrons. The zero-order valence-corrected chi connectivity index (χ0v) is 12.3. The maximum atomic E-state index is 11.5. The quantitative estimate of drug-likeness (QED) is 0.797. The monoisotopic (exact) mass is 285 g/mol. The van der Waals surface area contributed by atoms with Gasteiger partial charge in [-0.3, -0.25) is 4.79 Å². The van der Waals surface area contributed by atoms with Crippen molar-refractivity contribution in [1.29, 1.82) is 0 Å². The van der Waals surface area contributed by atoms with Gasteiger partial charge in [0.15, 0.2) is 0 Å². The maximum Gasteiger partial charge on any atom is 0.252 e. The SMILES string of the molecule is Cc1ccc(Nc2ncc(N)cc2C(N)=O)cc1N(C)C. The predicted octanol–water partition coefficient (Wildman–Crippen LogP) is 1.88. The fourth-order valence-electron chi connectivity index (χ4n) is 2.07. The van der Waals surface area contributed by atoms with E-state index in [9.17, 15) is 4.79 Å². The molecule has 1 aromatic heterocycles. The average Bonchev–Trinajstić information content (AvgIpc) is 2.42. The minimum atomic E-state index is -0.572. The number of hydrogen-bond donors (Lipinski definition) is 3. The van der Waals surface area contributed by atoms with Gasteiger partial charge < -0.3 is 21.7 Å². The van der Waals surface area contributed by atoms with Crippen molar-refractivity contribution >= 4 is 28.8 Å². The Bertz CT molecular complexity index is 682. The van der Waals surface area contributed by atoms with Crippen LogP contribution in [0.15, 0.2) is 30.5 Å². The number of pyridine rings is 1. The number of hydrogen-bond acceptors (Lipinski definition) is 5. The number of nitrogens with one attached hydrogen (secondary N) is 1. The van der Waals surface area contributed by atoms with Crippen LogP contribution < -0.4 is 21.7 Å². The summed E-state index contributed by atoms with van der Waals surface area (Å²) in [4.78, 5) is 17.6. The lowest BCUT2D eigenvalue weighted by Crippen LogP contribution is -2.15. The van der Waals surface area contributed by atoms with Crippen molar-refractivity contribution in [2.24, 2.45) is 5.73 Å². The Balaban J connectivity index is 2.39. The third-order valence-corrected chi connectivity index (χ3v) is 3.13. The highest BCUT2D eigenvalue weighted by Crippen LogP contribution is 2.26. The first kappa shape index (κ1) is 14.6. The second kappa shape index (κ2) is 5.70. The number of aromatic nitrogens is 1. The summed E-state index contributed by atoms with van der Waals surface area (Å²) in [6.45, 7) is 2.04. The molecule has 0 saturated heterocycles. The summed E-state index contributed by atoms with van der Waals surface area (Å²) in [5, 5.41) is 3.11. The van der Waals surface area contributed by atoms with E-state index < -0.39 is 5.91 Å². The highest BCUT2D eigenvalue weighted by Gasteiger charge is 2.11. The molecule has 1 heterocycles. The lowest BCUT2D eigenvalue weighted by molar-refractivity contribution is 0.100.